The van der Waals surface area contributed by atoms with E-state index in [-0.39, 0.29) is 32.3 Å². The molecular formula is C22H14F2N6Pt. The Bertz CT molecular complexity index is 1280. The van der Waals surface area contributed by atoms with Gasteiger partial charge in [-0.3, -0.25) is 9.97 Å². The van der Waals surface area contributed by atoms with Gasteiger partial charge in [-0.15, -0.1) is 6.07 Å². The Balaban J connectivity index is 0.00000272. The van der Waals surface area contributed by atoms with Gasteiger partial charge in [0.05, 0.1) is 11.9 Å². The smallest absolute Gasteiger partial charge is 0.417 e. The van der Waals surface area contributed by atoms with Gasteiger partial charge in [0, 0.05) is 28.8 Å². The van der Waals surface area contributed by atoms with Crippen LogP contribution in [0.1, 0.15) is 30.9 Å². The van der Waals surface area contributed by atoms with Gasteiger partial charge in [-0.25, -0.2) is 14.0 Å². The van der Waals surface area contributed by atoms with Crippen molar-refractivity contribution in [3.63, 3.8) is 0 Å². The van der Waals surface area contributed by atoms with Crippen LogP contribution in [0.25, 0.3) is 17.1 Å². The van der Waals surface area contributed by atoms with E-state index in [0.29, 0.717) is 22.9 Å². The molecule has 0 saturated carbocycles. The van der Waals surface area contributed by atoms with Crippen molar-refractivity contribution in [3.05, 3.63) is 90.0 Å². The molecule has 0 bridgehead atoms. The van der Waals surface area contributed by atoms with Gasteiger partial charge in [0.1, 0.15) is 11.9 Å². The second-order valence-electron chi connectivity index (χ2n) is 7.01. The largest absolute Gasteiger partial charge is 2.00 e. The van der Waals surface area contributed by atoms with Crippen molar-refractivity contribution in [2.75, 3.05) is 0 Å². The molecule has 9 heteroatoms. The topological polar surface area (TPSA) is 80.3 Å². The molecule has 0 saturated heterocycles. The molecule has 0 atom stereocenters. The van der Waals surface area contributed by atoms with Crippen LogP contribution in [-0.4, -0.2) is 24.5 Å². The van der Waals surface area contributed by atoms with Crippen LogP contribution in [0.4, 0.5) is 8.78 Å². The summed E-state index contributed by atoms with van der Waals surface area (Å²) < 4.78 is 28.7. The number of aromatic nitrogens is 5. The molecule has 0 aromatic carbocycles. The van der Waals surface area contributed by atoms with Gasteiger partial charge in [-0.1, -0.05) is 42.1 Å². The average Bonchev–Trinajstić information content (AvgIpc) is 3.23. The van der Waals surface area contributed by atoms with E-state index in [1.807, 2.05) is 38.1 Å². The van der Waals surface area contributed by atoms with Crippen LogP contribution in [0.15, 0.2) is 48.7 Å². The van der Waals surface area contributed by atoms with Crippen LogP contribution in [0, 0.1) is 35.6 Å². The fourth-order valence-corrected chi connectivity index (χ4v) is 2.97. The van der Waals surface area contributed by atoms with Crippen LogP contribution in [0.3, 0.4) is 0 Å². The second-order valence-corrected chi connectivity index (χ2v) is 7.01. The Kier molecular flexibility index (Phi) is 6.37. The fourth-order valence-electron chi connectivity index (χ4n) is 2.97. The molecule has 0 radical (unpaired) electrons. The molecule has 31 heavy (non-hydrogen) atoms. The number of nitrogens with zero attached hydrogens (tertiary/aromatic N) is 6. The predicted octanol–water partition coefficient (Wildman–Crippen LogP) is 3.80. The van der Waals surface area contributed by atoms with E-state index in [1.54, 1.807) is 18.2 Å². The van der Waals surface area contributed by atoms with Crippen LogP contribution >= 0.6 is 0 Å². The van der Waals surface area contributed by atoms with Crippen LogP contribution in [0.2, 0.25) is 0 Å². The molecule has 4 rings (SSSR count). The minimum atomic E-state index is -0.971. The van der Waals surface area contributed by atoms with Crippen molar-refractivity contribution in [3.8, 4) is 23.1 Å². The first-order valence-electron chi connectivity index (χ1n) is 8.95. The van der Waals surface area contributed by atoms with E-state index in [9.17, 15) is 8.78 Å². The third-order valence-electron chi connectivity index (χ3n) is 4.66. The molecule has 0 aliphatic rings. The first kappa shape index (κ1) is 22.4. The second kappa shape index (κ2) is 8.82. The normalized spacial score (nSPS) is 10.9. The third-order valence-corrected chi connectivity index (χ3v) is 4.66. The molecule has 0 amide bonds. The Labute approximate surface area is 191 Å². The molecule has 4 heterocycles. The molecule has 4 aromatic heterocycles. The average molecular weight is 595 g/mol. The van der Waals surface area contributed by atoms with Gasteiger partial charge >= 0.3 is 21.1 Å². The van der Waals surface area contributed by atoms with Gasteiger partial charge in [0.25, 0.3) is 0 Å². The number of nitriles is 1. The quantitative estimate of drug-likeness (QED) is 0.265. The summed E-state index contributed by atoms with van der Waals surface area (Å²) in [6.07, 6.45) is 4.26. The van der Waals surface area contributed by atoms with Gasteiger partial charge in [-0.05, 0) is 31.7 Å². The van der Waals surface area contributed by atoms with Crippen molar-refractivity contribution < 1.29 is 29.8 Å². The van der Waals surface area contributed by atoms with Crippen molar-refractivity contribution in [2.45, 2.75) is 19.3 Å². The summed E-state index contributed by atoms with van der Waals surface area (Å²) in [6, 6.07) is 16.1. The van der Waals surface area contributed by atoms with E-state index in [2.05, 4.69) is 32.3 Å². The molecular weight excluding hydrogens is 581 g/mol. The molecule has 0 fully saturated rings. The summed E-state index contributed by atoms with van der Waals surface area (Å²) in [6.45, 7) is 3.87. The maximum atomic E-state index is 14.1. The summed E-state index contributed by atoms with van der Waals surface area (Å²) in [5.74, 6) is -1.36. The minimum absolute atomic E-state index is 0. The predicted molar refractivity (Wildman–Crippen MR) is 103 cm³/mol. The van der Waals surface area contributed by atoms with Gasteiger partial charge in [-0.2, -0.15) is 0 Å². The SMILES string of the molecule is CC(C)(c1cccc(-c2[c-]cc(F)nc2F)n1)c1cccc(-n2[c-]nc(C#N)c2)n1.[Pt+2]. The van der Waals surface area contributed by atoms with Crippen molar-refractivity contribution >= 4 is 0 Å². The number of pyridine rings is 3. The van der Waals surface area contributed by atoms with E-state index in [0.717, 1.165) is 6.07 Å². The Morgan fingerprint density at radius 3 is 2.42 bits per heavy atom. The van der Waals surface area contributed by atoms with Gasteiger partial charge in [0.15, 0.2) is 0 Å². The third kappa shape index (κ3) is 4.42. The summed E-state index contributed by atoms with van der Waals surface area (Å²) in [5, 5.41) is 8.96. The van der Waals surface area contributed by atoms with E-state index in [1.165, 1.54) is 10.8 Å². The number of imidazole rings is 1. The van der Waals surface area contributed by atoms with Gasteiger partial charge in [0.2, 0.25) is 0 Å². The van der Waals surface area contributed by atoms with Crippen molar-refractivity contribution in [1.29, 1.82) is 5.26 Å². The summed E-state index contributed by atoms with van der Waals surface area (Å²) >= 11 is 0. The summed E-state index contributed by atoms with van der Waals surface area (Å²) in [7, 11) is 0. The van der Waals surface area contributed by atoms with Crippen molar-refractivity contribution in [1.82, 2.24) is 24.5 Å². The molecule has 156 valence electrons. The fraction of sp³-hybridized carbons (Fsp3) is 0.136. The Morgan fingerprint density at radius 1 is 1.03 bits per heavy atom. The zero-order chi connectivity index (χ0) is 21.3. The van der Waals surface area contributed by atoms with Crippen LogP contribution in [0.5, 0.6) is 0 Å². The Morgan fingerprint density at radius 2 is 1.74 bits per heavy atom. The zero-order valence-electron chi connectivity index (χ0n) is 16.4. The zero-order valence-corrected chi connectivity index (χ0v) is 18.6. The monoisotopic (exact) mass is 595 g/mol. The number of halogens is 2. The van der Waals surface area contributed by atoms with Crippen LogP contribution in [-0.2, 0) is 26.5 Å². The van der Waals surface area contributed by atoms with E-state index < -0.39 is 17.3 Å². The first-order chi connectivity index (χ1) is 14.4. The molecule has 0 unspecified atom stereocenters. The van der Waals surface area contributed by atoms with E-state index in [4.69, 9.17) is 5.26 Å². The first-order valence-corrected chi connectivity index (χ1v) is 8.95. The van der Waals surface area contributed by atoms with Gasteiger partial charge < -0.3 is 14.5 Å². The summed E-state index contributed by atoms with van der Waals surface area (Å²) in [4.78, 5) is 16.3. The molecule has 4 aromatic rings. The maximum absolute atomic E-state index is 14.1. The van der Waals surface area contributed by atoms with Crippen molar-refractivity contribution in [2.24, 2.45) is 0 Å². The molecule has 6 nitrogen and oxygen atoms in total. The number of hydrogen-bond donors (Lipinski definition) is 0. The molecule has 0 aliphatic heterocycles. The molecule has 0 N–H and O–H groups in total. The van der Waals surface area contributed by atoms with Crippen LogP contribution < -0.4 is 0 Å². The van der Waals surface area contributed by atoms with E-state index >= 15 is 0 Å². The summed E-state index contributed by atoms with van der Waals surface area (Å²) in [5.41, 5.74) is 1.22. The standard InChI is InChI=1S/C22H14F2N6.Pt/c1-22(2,18-7-4-8-20(28-18)30-12-14(11-25)26-13-30)17-6-3-5-16(27-17)15-9-10-19(23)29-21(15)24;/h3-8,10,12H,1-2H3;/q-2;+2. The number of rotatable bonds is 4. The minimum Gasteiger partial charge on any atom is -0.417 e. The number of hydrogen-bond acceptors (Lipinski definition) is 5. The molecule has 0 aliphatic carbocycles. The Hall–Kier alpha value is -3.30. The molecule has 0 spiro atoms. The maximum Gasteiger partial charge on any atom is 2.00 e.